The van der Waals surface area contributed by atoms with E-state index in [1.807, 2.05) is 25.2 Å². The van der Waals surface area contributed by atoms with E-state index in [2.05, 4.69) is 19.2 Å². The summed E-state index contributed by atoms with van der Waals surface area (Å²) >= 11 is 0. The summed E-state index contributed by atoms with van der Waals surface area (Å²) in [6.07, 6.45) is 0.394. The third-order valence-electron chi connectivity index (χ3n) is 2.43. The van der Waals surface area contributed by atoms with Crippen LogP contribution in [0.25, 0.3) is 0 Å². The second-order valence-electron chi connectivity index (χ2n) is 3.98. The molecule has 1 rings (SSSR count). The monoisotopic (exact) mass is 221 g/mol. The summed E-state index contributed by atoms with van der Waals surface area (Å²) in [7, 11) is 1.89. The van der Waals surface area contributed by atoms with Crippen LogP contribution in [0.1, 0.15) is 38.7 Å². The average Bonchev–Trinajstić information content (AvgIpc) is 2.28. The maximum absolute atomic E-state index is 11.2. The highest BCUT2D eigenvalue weighted by atomic mass is 16.5. The molecule has 0 saturated carbocycles. The second-order valence-corrected chi connectivity index (χ2v) is 3.98. The molecule has 1 N–H and O–H groups in total. The molecule has 88 valence electrons. The van der Waals surface area contributed by atoms with Crippen LogP contribution in [0, 0.1) is 0 Å². The van der Waals surface area contributed by atoms with Gasteiger partial charge in [0.05, 0.1) is 0 Å². The van der Waals surface area contributed by atoms with Crippen LogP contribution in [0.2, 0.25) is 0 Å². The molecule has 0 unspecified atom stereocenters. The highest BCUT2D eigenvalue weighted by Crippen LogP contribution is 2.28. The maximum Gasteiger partial charge on any atom is 0.310 e. The van der Waals surface area contributed by atoms with Gasteiger partial charge in [-0.2, -0.15) is 0 Å². The standard InChI is InChI=1S/C13H19NO2/c1-5-13(15)16-10-6-7-12(14-4)11(8-10)9(2)3/h6-9,14H,5H2,1-4H3. The van der Waals surface area contributed by atoms with Gasteiger partial charge in [-0.3, -0.25) is 4.79 Å². The lowest BCUT2D eigenvalue weighted by molar-refractivity contribution is -0.134. The van der Waals surface area contributed by atoms with Crippen LogP contribution in [0.15, 0.2) is 18.2 Å². The van der Waals surface area contributed by atoms with Crippen LogP contribution in [0.4, 0.5) is 5.69 Å². The molecule has 0 aliphatic heterocycles. The zero-order valence-corrected chi connectivity index (χ0v) is 10.3. The fourth-order valence-electron chi connectivity index (χ4n) is 1.51. The summed E-state index contributed by atoms with van der Waals surface area (Å²) in [6.45, 7) is 6.01. The van der Waals surface area contributed by atoms with Crippen LogP contribution in [0.5, 0.6) is 5.75 Å². The fourth-order valence-corrected chi connectivity index (χ4v) is 1.51. The first-order chi connectivity index (χ1) is 7.58. The molecule has 1 aromatic carbocycles. The molecule has 0 spiro atoms. The van der Waals surface area contributed by atoms with Crippen molar-refractivity contribution in [3.63, 3.8) is 0 Å². The minimum Gasteiger partial charge on any atom is -0.427 e. The van der Waals surface area contributed by atoms with E-state index >= 15 is 0 Å². The van der Waals surface area contributed by atoms with Crippen molar-refractivity contribution in [1.82, 2.24) is 0 Å². The van der Waals surface area contributed by atoms with Crippen molar-refractivity contribution in [2.45, 2.75) is 33.1 Å². The van der Waals surface area contributed by atoms with Crippen molar-refractivity contribution in [1.29, 1.82) is 0 Å². The number of hydrogen-bond donors (Lipinski definition) is 1. The lowest BCUT2D eigenvalue weighted by Crippen LogP contribution is -2.06. The van der Waals surface area contributed by atoms with Gasteiger partial charge < -0.3 is 10.1 Å². The molecule has 0 fully saturated rings. The Morgan fingerprint density at radius 3 is 2.62 bits per heavy atom. The summed E-state index contributed by atoms with van der Waals surface area (Å²) in [5.74, 6) is 0.809. The number of anilines is 1. The van der Waals surface area contributed by atoms with Gasteiger partial charge in [-0.05, 0) is 29.7 Å². The first kappa shape index (κ1) is 12.6. The molecule has 0 radical (unpaired) electrons. The maximum atomic E-state index is 11.2. The predicted molar refractivity (Wildman–Crippen MR) is 66.0 cm³/mol. The first-order valence-corrected chi connectivity index (χ1v) is 5.60. The molecule has 0 atom stereocenters. The zero-order valence-electron chi connectivity index (χ0n) is 10.3. The average molecular weight is 221 g/mol. The van der Waals surface area contributed by atoms with E-state index in [0.29, 0.717) is 18.1 Å². The van der Waals surface area contributed by atoms with Gasteiger partial charge >= 0.3 is 5.97 Å². The van der Waals surface area contributed by atoms with Gasteiger partial charge in [0.1, 0.15) is 5.75 Å². The van der Waals surface area contributed by atoms with E-state index in [1.165, 1.54) is 0 Å². The van der Waals surface area contributed by atoms with Crippen LogP contribution >= 0.6 is 0 Å². The number of benzene rings is 1. The number of rotatable bonds is 4. The lowest BCUT2D eigenvalue weighted by atomic mass is 10.0. The number of carbonyl (C=O) groups excluding carboxylic acids is 1. The molecule has 0 aliphatic carbocycles. The Morgan fingerprint density at radius 1 is 1.44 bits per heavy atom. The number of ether oxygens (including phenoxy) is 1. The largest absolute Gasteiger partial charge is 0.427 e. The summed E-state index contributed by atoms with van der Waals surface area (Å²) in [5, 5.41) is 3.13. The van der Waals surface area contributed by atoms with Crippen molar-refractivity contribution < 1.29 is 9.53 Å². The topological polar surface area (TPSA) is 38.3 Å². The molecule has 0 heterocycles. The molecule has 3 heteroatoms. The van der Waals surface area contributed by atoms with Gasteiger partial charge in [-0.1, -0.05) is 20.8 Å². The van der Waals surface area contributed by atoms with Crippen molar-refractivity contribution in [3.8, 4) is 5.75 Å². The Morgan fingerprint density at radius 2 is 2.12 bits per heavy atom. The van der Waals surface area contributed by atoms with Crippen molar-refractivity contribution in [2.75, 3.05) is 12.4 Å². The molecular formula is C13H19NO2. The zero-order chi connectivity index (χ0) is 12.1. The number of nitrogens with one attached hydrogen (secondary N) is 1. The smallest absolute Gasteiger partial charge is 0.310 e. The summed E-state index contributed by atoms with van der Waals surface area (Å²) in [6, 6.07) is 5.67. The Bertz CT molecular complexity index is 372. The van der Waals surface area contributed by atoms with Crippen LogP contribution in [0.3, 0.4) is 0 Å². The van der Waals surface area contributed by atoms with Crippen molar-refractivity contribution in [3.05, 3.63) is 23.8 Å². The molecule has 0 saturated heterocycles. The Balaban J connectivity index is 2.97. The highest BCUT2D eigenvalue weighted by Gasteiger charge is 2.09. The molecule has 0 aliphatic rings. The normalized spacial score (nSPS) is 10.3. The van der Waals surface area contributed by atoms with Gasteiger partial charge in [0.2, 0.25) is 0 Å². The fraction of sp³-hybridized carbons (Fsp3) is 0.462. The van der Waals surface area contributed by atoms with E-state index in [1.54, 1.807) is 6.92 Å². The van der Waals surface area contributed by atoms with Gasteiger partial charge in [0.25, 0.3) is 0 Å². The van der Waals surface area contributed by atoms with Gasteiger partial charge in [-0.15, -0.1) is 0 Å². The van der Waals surface area contributed by atoms with E-state index < -0.39 is 0 Å². The lowest BCUT2D eigenvalue weighted by Gasteiger charge is -2.14. The summed E-state index contributed by atoms with van der Waals surface area (Å²) in [4.78, 5) is 11.2. The van der Waals surface area contributed by atoms with E-state index in [4.69, 9.17) is 4.74 Å². The predicted octanol–water partition coefficient (Wildman–Crippen LogP) is 3.17. The molecule has 0 aromatic heterocycles. The molecule has 0 bridgehead atoms. The Kier molecular flexibility index (Phi) is 4.35. The van der Waals surface area contributed by atoms with Gasteiger partial charge in [-0.25, -0.2) is 0 Å². The van der Waals surface area contributed by atoms with Gasteiger partial charge in [0, 0.05) is 19.2 Å². The minimum absolute atomic E-state index is 0.202. The molecule has 0 amide bonds. The van der Waals surface area contributed by atoms with Crippen molar-refractivity contribution >= 4 is 11.7 Å². The number of hydrogen-bond acceptors (Lipinski definition) is 3. The Hall–Kier alpha value is -1.51. The van der Waals surface area contributed by atoms with E-state index in [9.17, 15) is 4.79 Å². The SMILES string of the molecule is CCC(=O)Oc1ccc(NC)c(C(C)C)c1. The second kappa shape index (κ2) is 5.54. The molecule has 1 aromatic rings. The first-order valence-electron chi connectivity index (χ1n) is 5.60. The molecular weight excluding hydrogens is 202 g/mol. The van der Waals surface area contributed by atoms with E-state index in [0.717, 1.165) is 11.3 Å². The van der Waals surface area contributed by atoms with Crippen molar-refractivity contribution in [2.24, 2.45) is 0 Å². The van der Waals surface area contributed by atoms with Gasteiger partial charge in [0.15, 0.2) is 0 Å². The highest BCUT2D eigenvalue weighted by molar-refractivity contribution is 5.72. The third-order valence-corrected chi connectivity index (χ3v) is 2.43. The molecule has 3 nitrogen and oxygen atoms in total. The van der Waals surface area contributed by atoms with Crippen LogP contribution in [-0.2, 0) is 4.79 Å². The number of carbonyl (C=O) groups is 1. The number of esters is 1. The Labute approximate surface area is 96.8 Å². The quantitative estimate of drug-likeness (QED) is 0.627. The third kappa shape index (κ3) is 2.99. The van der Waals surface area contributed by atoms with Crippen LogP contribution < -0.4 is 10.1 Å². The minimum atomic E-state index is -0.202. The van der Waals surface area contributed by atoms with E-state index in [-0.39, 0.29) is 5.97 Å². The van der Waals surface area contributed by atoms with Crippen LogP contribution in [-0.4, -0.2) is 13.0 Å². The summed E-state index contributed by atoms with van der Waals surface area (Å²) < 4.78 is 5.19. The summed E-state index contributed by atoms with van der Waals surface area (Å²) in [5.41, 5.74) is 2.23. The molecule has 16 heavy (non-hydrogen) atoms.